The highest BCUT2D eigenvalue weighted by atomic mass is 79.9. The van der Waals surface area contributed by atoms with Crippen molar-refractivity contribution < 1.29 is 9.53 Å². The zero-order valence-corrected chi connectivity index (χ0v) is 15.2. The predicted octanol–water partition coefficient (Wildman–Crippen LogP) is 3.62. The highest BCUT2D eigenvalue weighted by molar-refractivity contribution is 9.10. The molecule has 0 saturated heterocycles. The number of hydrogen-bond acceptors (Lipinski definition) is 4. The average Bonchev–Trinajstić information content (AvgIpc) is 2.50. The third-order valence-corrected chi connectivity index (χ3v) is 3.85. The fourth-order valence-electron chi connectivity index (χ4n) is 1.91. The van der Waals surface area contributed by atoms with Crippen LogP contribution < -0.4 is 15.0 Å². The highest BCUT2D eigenvalue weighted by Crippen LogP contribution is 2.26. The molecule has 0 bridgehead atoms. The Kier molecular flexibility index (Phi) is 5.60. The summed E-state index contributed by atoms with van der Waals surface area (Å²) in [4.78, 5) is 18.4. The smallest absolute Gasteiger partial charge is 0.265 e. The van der Waals surface area contributed by atoms with Gasteiger partial charge in [0.1, 0.15) is 11.6 Å². The third-order valence-electron chi connectivity index (χ3n) is 3.23. The second-order valence-electron chi connectivity index (χ2n) is 5.48. The van der Waals surface area contributed by atoms with E-state index in [1.807, 2.05) is 56.3 Å². The number of ether oxygens (including phenoxy) is 1. The summed E-state index contributed by atoms with van der Waals surface area (Å²) in [5.74, 6) is 1.24. The van der Waals surface area contributed by atoms with E-state index in [2.05, 4.69) is 26.2 Å². The fourth-order valence-corrected chi connectivity index (χ4v) is 2.50. The Hall–Kier alpha value is -2.08. The molecular formula is C17H20BrN3O2. The summed E-state index contributed by atoms with van der Waals surface area (Å²) >= 11 is 3.44. The van der Waals surface area contributed by atoms with Crippen molar-refractivity contribution in [2.24, 2.45) is 0 Å². The third kappa shape index (κ3) is 4.69. The van der Waals surface area contributed by atoms with Crippen molar-refractivity contribution in [2.75, 3.05) is 24.3 Å². The number of rotatable bonds is 5. The van der Waals surface area contributed by atoms with Gasteiger partial charge in [-0.15, -0.1) is 0 Å². The second-order valence-corrected chi connectivity index (χ2v) is 6.34. The molecule has 0 fully saturated rings. The molecule has 0 spiro atoms. The normalized spacial score (nSPS) is 11.7. The van der Waals surface area contributed by atoms with Gasteiger partial charge in [0.15, 0.2) is 6.10 Å². The van der Waals surface area contributed by atoms with Gasteiger partial charge >= 0.3 is 0 Å². The van der Waals surface area contributed by atoms with Gasteiger partial charge in [0.05, 0.1) is 16.4 Å². The zero-order valence-electron chi connectivity index (χ0n) is 13.6. The number of nitrogens with one attached hydrogen (secondary N) is 1. The van der Waals surface area contributed by atoms with Gasteiger partial charge in [-0.05, 0) is 59.6 Å². The van der Waals surface area contributed by atoms with E-state index in [-0.39, 0.29) is 5.91 Å². The van der Waals surface area contributed by atoms with E-state index in [4.69, 9.17) is 4.74 Å². The molecule has 5 nitrogen and oxygen atoms in total. The molecular weight excluding hydrogens is 358 g/mol. The molecule has 1 aromatic carbocycles. The molecule has 0 aliphatic carbocycles. The number of halogens is 1. The van der Waals surface area contributed by atoms with Crippen molar-refractivity contribution in [3.8, 4) is 5.75 Å². The van der Waals surface area contributed by atoms with Crippen molar-refractivity contribution >= 4 is 33.3 Å². The zero-order chi connectivity index (χ0) is 17.0. The second kappa shape index (κ2) is 7.46. The summed E-state index contributed by atoms with van der Waals surface area (Å²) in [6.07, 6.45) is 1.00. The van der Waals surface area contributed by atoms with Gasteiger partial charge in [0, 0.05) is 14.1 Å². The SMILES string of the molecule is Cc1ccc(OC(C)C(=O)Nc2ccc(N(C)C)nc2)c(Br)c1. The number of amides is 1. The summed E-state index contributed by atoms with van der Waals surface area (Å²) in [7, 11) is 3.83. The predicted molar refractivity (Wildman–Crippen MR) is 96.2 cm³/mol. The van der Waals surface area contributed by atoms with E-state index in [1.54, 1.807) is 13.1 Å². The Balaban J connectivity index is 1.99. The lowest BCUT2D eigenvalue weighted by molar-refractivity contribution is -0.122. The topological polar surface area (TPSA) is 54.5 Å². The van der Waals surface area contributed by atoms with Crippen LogP contribution >= 0.6 is 15.9 Å². The lowest BCUT2D eigenvalue weighted by Crippen LogP contribution is -2.30. The first-order chi connectivity index (χ1) is 10.9. The van der Waals surface area contributed by atoms with Crippen LogP contribution in [0.4, 0.5) is 11.5 Å². The minimum atomic E-state index is -0.623. The van der Waals surface area contributed by atoms with Crippen molar-refractivity contribution in [1.82, 2.24) is 4.98 Å². The van der Waals surface area contributed by atoms with Gasteiger partial charge in [0.2, 0.25) is 0 Å². The fraction of sp³-hybridized carbons (Fsp3) is 0.294. The van der Waals surface area contributed by atoms with Gasteiger partial charge in [-0.3, -0.25) is 4.79 Å². The Morgan fingerprint density at radius 3 is 2.61 bits per heavy atom. The number of carbonyl (C=O) groups excluding carboxylic acids is 1. The van der Waals surface area contributed by atoms with Crippen LogP contribution in [0, 0.1) is 6.92 Å². The van der Waals surface area contributed by atoms with Gasteiger partial charge in [0.25, 0.3) is 5.91 Å². The molecule has 1 N–H and O–H groups in total. The van der Waals surface area contributed by atoms with Crippen LogP contribution in [0.25, 0.3) is 0 Å². The summed E-state index contributed by atoms with van der Waals surface area (Å²) in [5, 5.41) is 2.80. The Morgan fingerprint density at radius 1 is 1.30 bits per heavy atom. The summed E-state index contributed by atoms with van der Waals surface area (Å²) in [6.45, 7) is 3.71. The Morgan fingerprint density at radius 2 is 2.04 bits per heavy atom. The van der Waals surface area contributed by atoms with Crippen molar-refractivity contribution in [3.05, 3.63) is 46.6 Å². The molecule has 1 amide bonds. The molecule has 6 heteroatoms. The maximum absolute atomic E-state index is 12.2. The quantitative estimate of drug-likeness (QED) is 0.864. The molecule has 2 rings (SSSR count). The van der Waals surface area contributed by atoms with E-state index >= 15 is 0 Å². The number of aryl methyl sites for hydroxylation is 1. The molecule has 2 aromatic rings. The first kappa shape index (κ1) is 17.3. The molecule has 0 aliphatic heterocycles. The summed E-state index contributed by atoms with van der Waals surface area (Å²) < 4.78 is 6.54. The van der Waals surface area contributed by atoms with Crippen molar-refractivity contribution in [2.45, 2.75) is 20.0 Å². The van der Waals surface area contributed by atoms with Crippen LogP contribution in [-0.4, -0.2) is 31.1 Å². The van der Waals surface area contributed by atoms with Gasteiger partial charge in [-0.2, -0.15) is 0 Å². The minimum absolute atomic E-state index is 0.225. The average molecular weight is 378 g/mol. The maximum atomic E-state index is 12.2. The molecule has 0 saturated carbocycles. The Labute approximate surface area is 144 Å². The molecule has 23 heavy (non-hydrogen) atoms. The number of carbonyl (C=O) groups is 1. The Bertz CT molecular complexity index is 687. The maximum Gasteiger partial charge on any atom is 0.265 e. The van der Waals surface area contributed by atoms with Crippen molar-refractivity contribution in [3.63, 3.8) is 0 Å². The van der Waals surface area contributed by atoms with Crippen molar-refractivity contribution in [1.29, 1.82) is 0 Å². The van der Waals surface area contributed by atoms with Crippen LogP contribution in [0.15, 0.2) is 41.0 Å². The molecule has 1 unspecified atom stereocenters. The summed E-state index contributed by atoms with van der Waals surface area (Å²) in [5.41, 5.74) is 1.76. The largest absolute Gasteiger partial charge is 0.480 e. The molecule has 1 aromatic heterocycles. The number of hydrogen-bond donors (Lipinski definition) is 1. The summed E-state index contributed by atoms with van der Waals surface area (Å²) in [6, 6.07) is 9.39. The first-order valence-electron chi connectivity index (χ1n) is 7.24. The van der Waals surface area contributed by atoms with E-state index in [1.165, 1.54) is 0 Å². The molecule has 122 valence electrons. The highest BCUT2D eigenvalue weighted by Gasteiger charge is 2.16. The van der Waals surface area contributed by atoms with Crippen LogP contribution in [-0.2, 0) is 4.79 Å². The van der Waals surface area contributed by atoms with Crippen LogP contribution in [0.1, 0.15) is 12.5 Å². The molecule has 1 atom stereocenters. The van der Waals surface area contributed by atoms with E-state index in [0.717, 1.165) is 15.9 Å². The van der Waals surface area contributed by atoms with Crippen LogP contribution in [0.2, 0.25) is 0 Å². The molecule has 0 aliphatic rings. The van der Waals surface area contributed by atoms with E-state index in [0.29, 0.717) is 11.4 Å². The lowest BCUT2D eigenvalue weighted by Gasteiger charge is -2.16. The number of aromatic nitrogens is 1. The van der Waals surface area contributed by atoms with E-state index < -0.39 is 6.10 Å². The lowest BCUT2D eigenvalue weighted by atomic mass is 10.2. The van der Waals surface area contributed by atoms with Crippen LogP contribution in [0.5, 0.6) is 5.75 Å². The van der Waals surface area contributed by atoms with Gasteiger partial charge < -0.3 is 15.0 Å². The van der Waals surface area contributed by atoms with Gasteiger partial charge in [-0.1, -0.05) is 6.07 Å². The number of benzene rings is 1. The molecule has 0 radical (unpaired) electrons. The van der Waals surface area contributed by atoms with Gasteiger partial charge in [-0.25, -0.2) is 4.98 Å². The first-order valence-corrected chi connectivity index (χ1v) is 8.03. The minimum Gasteiger partial charge on any atom is -0.480 e. The van der Waals surface area contributed by atoms with Crippen LogP contribution in [0.3, 0.4) is 0 Å². The van der Waals surface area contributed by atoms with E-state index in [9.17, 15) is 4.79 Å². The standard InChI is InChI=1S/C17H20BrN3O2/c1-11-5-7-15(14(18)9-11)23-12(2)17(22)20-13-6-8-16(19-10-13)21(3)4/h5-10,12H,1-4H3,(H,20,22). The monoisotopic (exact) mass is 377 g/mol. The number of anilines is 2. The number of nitrogens with zero attached hydrogens (tertiary/aromatic N) is 2. The molecule has 1 heterocycles. The number of pyridine rings is 1.